The van der Waals surface area contributed by atoms with Crippen LogP contribution in [0.2, 0.25) is 10.0 Å². The van der Waals surface area contributed by atoms with Gasteiger partial charge in [0.15, 0.2) is 0 Å². The zero-order valence-electron chi connectivity index (χ0n) is 13.8. The van der Waals surface area contributed by atoms with E-state index >= 15 is 0 Å². The first kappa shape index (κ1) is 19.8. The maximum Gasteiger partial charge on any atom is 0.225 e. The summed E-state index contributed by atoms with van der Waals surface area (Å²) in [6.07, 6.45) is 0.400. The van der Waals surface area contributed by atoms with Gasteiger partial charge in [-0.25, -0.2) is 0 Å². The molecule has 1 N–H and O–H groups in total. The van der Waals surface area contributed by atoms with Crippen molar-refractivity contribution in [3.05, 3.63) is 52.5 Å². The van der Waals surface area contributed by atoms with E-state index in [0.717, 1.165) is 11.5 Å². The molecule has 0 fully saturated rings. The largest absolute Gasteiger partial charge is 0.495 e. The third-order valence-corrected chi connectivity index (χ3v) is 4.62. The Kier molecular flexibility index (Phi) is 8.25. The lowest BCUT2D eigenvalue weighted by molar-refractivity contribution is -0.115. The van der Waals surface area contributed by atoms with E-state index in [2.05, 4.69) is 5.32 Å². The summed E-state index contributed by atoms with van der Waals surface area (Å²) in [5.41, 5.74) is 0.578. The molecule has 0 saturated carbocycles. The van der Waals surface area contributed by atoms with Gasteiger partial charge in [-0.3, -0.25) is 4.79 Å². The van der Waals surface area contributed by atoms with Gasteiger partial charge in [0.25, 0.3) is 0 Å². The molecule has 0 radical (unpaired) electrons. The van der Waals surface area contributed by atoms with Crippen LogP contribution in [0.15, 0.2) is 42.5 Å². The van der Waals surface area contributed by atoms with Crippen LogP contribution in [0.4, 0.5) is 5.69 Å². The highest BCUT2D eigenvalue weighted by Gasteiger charge is 2.08. The third-order valence-electron chi connectivity index (χ3n) is 3.20. The molecule has 2 aromatic carbocycles. The molecule has 4 nitrogen and oxygen atoms in total. The number of amides is 1. The highest BCUT2D eigenvalue weighted by molar-refractivity contribution is 7.99. The summed E-state index contributed by atoms with van der Waals surface area (Å²) in [7, 11) is 1.55. The average Bonchev–Trinajstić information content (AvgIpc) is 2.58. The van der Waals surface area contributed by atoms with E-state index in [0.29, 0.717) is 40.3 Å². The Hall–Kier alpha value is -1.56. The fourth-order valence-corrected chi connectivity index (χ4v) is 3.12. The van der Waals surface area contributed by atoms with Crippen LogP contribution in [-0.4, -0.2) is 31.1 Å². The van der Waals surface area contributed by atoms with Gasteiger partial charge in [0.05, 0.1) is 19.4 Å². The van der Waals surface area contributed by atoms with Gasteiger partial charge < -0.3 is 14.8 Å². The van der Waals surface area contributed by atoms with Crippen molar-refractivity contribution in [2.24, 2.45) is 0 Å². The highest BCUT2D eigenvalue weighted by atomic mass is 35.5. The van der Waals surface area contributed by atoms with Gasteiger partial charge >= 0.3 is 0 Å². The van der Waals surface area contributed by atoms with E-state index in [9.17, 15) is 4.79 Å². The Morgan fingerprint density at radius 3 is 2.68 bits per heavy atom. The molecule has 0 saturated heterocycles. The van der Waals surface area contributed by atoms with Gasteiger partial charge in [-0.2, -0.15) is 11.8 Å². The normalized spacial score (nSPS) is 10.4. The van der Waals surface area contributed by atoms with Crippen molar-refractivity contribution in [3.63, 3.8) is 0 Å². The minimum atomic E-state index is -0.0798. The summed E-state index contributed by atoms with van der Waals surface area (Å²) in [5.74, 6) is 2.75. The molecule has 0 unspecified atom stereocenters. The predicted molar refractivity (Wildman–Crippen MR) is 106 cm³/mol. The summed E-state index contributed by atoms with van der Waals surface area (Å²) in [6, 6.07) is 12.4. The second-order valence-corrected chi connectivity index (χ2v) is 7.16. The second kappa shape index (κ2) is 10.4. The third kappa shape index (κ3) is 7.06. The Morgan fingerprint density at radius 1 is 1.12 bits per heavy atom. The molecule has 7 heteroatoms. The molecular formula is C18H19Cl2NO3S. The van der Waals surface area contributed by atoms with Crippen LogP contribution in [0, 0.1) is 0 Å². The lowest BCUT2D eigenvalue weighted by Gasteiger charge is -2.10. The van der Waals surface area contributed by atoms with E-state index in [-0.39, 0.29) is 5.91 Å². The summed E-state index contributed by atoms with van der Waals surface area (Å²) < 4.78 is 10.8. The molecular weight excluding hydrogens is 381 g/mol. The molecule has 2 rings (SSSR count). The number of methoxy groups -OCH3 is 1. The number of ether oxygens (including phenoxy) is 2. The van der Waals surface area contributed by atoms with Crippen LogP contribution in [0.1, 0.15) is 6.42 Å². The Bertz CT molecular complexity index is 712. The van der Waals surface area contributed by atoms with Gasteiger partial charge in [0.1, 0.15) is 11.5 Å². The number of anilines is 1. The summed E-state index contributed by atoms with van der Waals surface area (Å²) >= 11 is 13.5. The summed E-state index contributed by atoms with van der Waals surface area (Å²) in [6.45, 7) is 0.564. The van der Waals surface area contributed by atoms with Crippen LogP contribution in [0.5, 0.6) is 11.5 Å². The van der Waals surface area contributed by atoms with Gasteiger partial charge in [-0.15, -0.1) is 0 Å². The van der Waals surface area contributed by atoms with Gasteiger partial charge in [-0.1, -0.05) is 29.3 Å². The Morgan fingerprint density at radius 2 is 1.92 bits per heavy atom. The number of carbonyl (C=O) groups is 1. The monoisotopic (exact) mass is 399 g/mol. The molecule has 0 aliphatic rings. The van der Waals surface area contributed by atoms with E-state index in [1.807, 2.05) is 12.1 Å². The first-order valence-corrected chi connectivity index (χ1v) is 9.59. The molecule has 0 bridgehead atoms. The number of carbonyl (C=O) groups excluding carboxylic acids is 1. The number of hydrogen-bond donors (Lipinski definition) is 1. The molecule has 0 aromatic heterocycles. The predicted octanol–water partition coefficient (Wildman–Crippen LogP) is 5.14. The number of nitrogens with one attached hydrogen (secondary N) is 1. The average molecular weight is 400 g/mol. The number of halogens is 2. The minimum Gasteiger partial charge on any atom is -0.495 e. The molecule has 0 spiro atoms. The number of rotatable bonds is 9. The molecule has 0 heterocycles. The number of benzene rings is 2. The lowest BCUT2D eigenvalue weighted by Crippen LogP contribution is -2.13. The molecule has 134 valence electrons. The highest BCUT2D eigenvalue weighted by Crippen LogP contribution is 2.27. The van der Waals surface area contributed by atoms with Crippen molar-refractivity contribution in [2.75, 3.05) is 30.5 Å². The fourth-order valence-electron chi connectivity index (χ4n) is 2.03. The maximum absolute atomic E-state index is 12.0. The van der Waals surface area contributed by atoms with Crippen LogP contribution >= 0.6 is 35.0 Å². The van der Waals surface area contributed by atoms with E-state index in [4.69, 9.17) is 32.7 Å². The fraction of sp³-hybridized carbons (Fsp3) is 0.278. The smallest absolute Gasteiger partial charge is 0.225 e. The van der Waals surface area contributed by atoms with Crippen molar-refractivity contribution in [2.45, 2.75) is 6.42 Å². The second-order valence-electron chi connectivity index (χ2n) is 5.06. The molecule has 0 aliphatic carbocycles. The summed E-state index contributed by atoms with van der Waals surface area (Å²) in [5, 5.41) is 4.01. The van der Waals surface area contributed by atoms with E-state index < -0.39 is 0 Å². The zero-order valence-corrected chi connectivity index (χ0v) is 16.1. The van der Waals surface area contributed by atoms with Crippen molar-refractivity contribution in [1.82, 2.24) is 0 Å². The first-order chi connectivity index (χ1) is 12.1. The van der Waals surface area contributed by atoms with E-state index in [1.54, 1.807) is 49.2 Å². The van der Waals surface area contributed by atoms with Crippen molar-refractivity contribution in [1.29, 1.82) is 0 Å². The molecule has 0 aliphatic heterocycles. The zero-order chi connectivity index (χ0) is 18.1. The number of hydrogen-bond acceptors (Lipinski definition) is 4. The van der Waals surface area contributed by atoms with Gasteiger partial charge in [0, 0.05) is 28.0 Å². The lowest BCUT2D eigenvalue weighted by atomic mass is 10.3. The molecule has 25 heavy (non-hydrogen) atoms. The van der Waals surface area contributed by atoms with Gasteiger partial charge in [0.2, 0.25) is 5.91 Å². The minimum absolute atomic E-state index is 0.0798. The quantitative estimate of drug-likeness (QED) is 0.592. The number of thioether (sulfide) groups is 1. The van der Waals surface area contributed by atoms with Crippen molar-refractivity contribution >= 4 is 46.6 Å². The topological polar surface area (TPSA) is 47.6 Å². The SMILES string of the molecule is COc1ccc(Cl)cc1NC(=O)CCSCCOc1cccc(Cl)c1. The Balaban J connectivity index is 1.65. The van der Waals surface area contributed by atoms with Crippen LogP contribution < -0.4 is 14.8 Å². The molecule has 2 aromatic rings. The molecule has 0 atom stereocenters. The van der Waals surface area contributed by atoms with Crippen molar-refractivity contribution in [3.8, 4) is 11.5 Å². The van der Waals surface area contributed by atoms with Crippen LogP contribution in [-0.2, 0) is 4.79 Å². The van der Waals surface area contributed by atoms with Gasteiger partial charge in [-0.05, 0) is 36.4 Å². The standard InChI is InChI=1S/C18H19Cl2NO3S/c1-23-17-6-5-14(20)12-16(17)21-18(22)7-9-25-10-8-24-15-4-2-3-13(19)11-15/h2-6,11-12H,7-10H2,1H3,(H,21,22). The van der Waals surface area contributed by atoms with E-state index in [1.165, 1.54) is 0 Å². The molecule has 1 amide bonds. The van der Waals surface area contributed by atoms with Crippen molar-refractivity contribution < 1.29 is 14.3 Å². The van der Waals surface area contributed by atoms with Crippen LogP contribution in [0.3, 0.4) is 0 Å². The Labute approximate surface area is 161 Å². The first-order valence-electron chi connectivity index (χ1n) is 7.68. The summed E-state index contributed by atoms with van der Waals surface area (Å²) in [4.78, 5) is 12.0. The maximum atomic E-state index is 12.0. The van der Waals surface area contributed by atoms with Crippen LogP contribution in [0.25, 0.3) is 0 Å².